The molecule has 21 heavy (non-hydrogen) atoms. The van der Waals surface area contributed by atoms with Crippen molar-refractivity contribution in [3.8, 4) is 11.5 Å². The van der Waals surface area contributed by atoms with Crippen LogP contribution < -0.4 is 9.47 Å². The molecule has 0 bridgehead atoms. The van der Waals surface area contributed by atoms with Crippen LogP contribution >= 0.6 is 11.6 Å². The van der Waals surface area contributed by atoms with Crippen LogP contribution in [0.25, 0.3) is 0 Å². The first-order valence-electron chi connectivity index (χ1n) is 6.77. The molecule has 0 heterocycles. The lowest BCUT2D eigenvalue weighted by atomic mass is 10.1. The maximum atomic E-state index is 12.0. The summed E-state index contributed by atoms with van der Waals surface area (Å²) in [6.07, 6.45) is 0.191. The lowest BCUT2D eigenvalue weighted by Crippen LogP contribution is -2.12. The summed E-state index contributed by atoms with van der Waals surface area (Å²) in [5.41, 5.74) is 1.91. The maximum absolute atomic E-state index is 12.0. The molecule has 2 aromatic carbocycles. The summed E-state index contributed by atoms with van der Waals surface area (Å²) in [4.78, 5) is 12.0. The van der Waals surface area contributed by atoms with E-state index in [1.54, 1.807) is 18.2 Å². The number of hydrogen-bond acceptors (Lipinski definition) is 3. The number of halogens is 1. The number of carbonyl (C=O) groups is 1. The van der Waals surface area contributed by atoms with Crippen molar-refractivity contribution in [2.75, 3.05) is 6.61 Å². The van der Waals surface area contributed by atoms with Crippen LogP contribution in [0, 0.1) is 6.92 Å². The summed E-state index contributed by atoms with van der Waals surface area (Å²) in [5.74, 6) is 0.700. The summed E-state index contributed by atoms with van der Waals surface area (Å²) in [5, 5.41) is 0.643. The van der Waals surface area contributed by atoms with Crippen molar-refractivity contribution >= 4 is 17.6 Å². The van der Waals surface area contributed by atoms with Gasteiger partial charge in [0.05, 0.1) is 13.0 Å². The second kappa shape index (κ2) is 7.14. The van der Waals surface area contributed by atoms with Gasteiger partial charge in [0.2, 0.25) is 0 Å². The van der Waals surface area contributed by atoms with E-state index in [4.69, 9.17) is 21.1 Å². The molecule has 0 saturated carbocycles. The van der Waals surface area contributed by atoms with Crippen LogP contribution in [0.1, 0.15) is 18.1 Å². The van der Waals surface area contributed by atoms with Gasteiger partial charge in [-0.3, -0.25) is 4.79 Å². The first-order chi connectivity index (χ1) is 10.1. The Morgan fingerprint density at radius 3 is 2.48 bits per heavy atom. The fourth-order valence-electron chi connectivity index (χ4n) is 1.90. The molecule has 0 aliphatic rings. The van der Waals surface area contributed by atoms with E-state index in [2.05, 4.69) is 0 Å². The van der Waals surface area contributed by atoms with E-state index < -0.39 is 0 Å². The summed E-state index contributed by atoms with van der Waals surface area (Å²) in [7, 11) is 0. The number of benzene rings is 2. The molecule has 4 heteroatoms. The third-order valence-corrected chi connectivity index (χ3v) is 3.14. The Hall–Kier alpha value is -2.00. The zero-order valence-corrected chi connectivity index (χ0v) is 12.8. The van der Waals surface area contributed by atoms with Gasteiger partial charge in [0.1, 0.15) is 0 Å². The van der Waals surface area contributed by atoms with E-state index in [0.29, 0.717) is 23.1 Å². The fourth-order valence-corrected chi connectivity index (χ4v) is 2.02. The van der Waals surface area contributed by atoms with Crippen LogP contribution in [0.2, 0.25) is 5.02 Å². The average Bonchev–Trinajstić information content (AvgIpc) is 2.45. The molecule has 0 saturated heterocycles. The second-order valence-electron chi connectivity index (χ2n) is 4.66. The lowest BCUT2D eigenvalue weighted by molar-refractivity contribution is -0.133. The molecule has 0 aromatic heterocycles. The smallest absolute Gasteiger partial charge is 0.315 e. The van der Waals surface area contributed by atoms with E-state index in [-0.39, 0.29) is 12.4 Å². The van der Waals surface area contributed by atoms with Crippen LogP contribution in [0.3, 0.4) is 0 Å². The highest BCUT2D eigenvalue weighted by Crippen LogP contribution is 2.28. The molecule has 0 aliphatic carbocycles. The molecule has 3 nitrogen and oxygen atoms in total. The Balaban J connectivity index is 2.07. The molecular formula is C17H17ClO3. The van der Waals surface area contributed by atoms with Gasteiger partial charge in [0.15, 0.2) is 11.5 Å². The lowest BCUT2D eigenvalue weighted by Gasteiger charge is -2.11. The molecular weight excluding hydrogens is 288 g/mol. The molecule has 0 fully saturated rings. The van der Waals surface area contributed by atoms with Crippen LogP contribution in [0.4, 0.5) is 0 Å². The highest BCUT2D eigenvalue weighted by atomic mass is 35.5. The number of ether oxygens (including phenoxy) is 2. The minimum atomic E-state index is -0.331. The van der Waals surface area contributed by atoms with Crippen molar-refractivity contribution in [3.63, 3.8) is 0 Å². The van der Waals surface area contributed by atoms with Crippen LogP contribution in [0.5, 0.6) is 11.5 Å². The molecule has 0 atom stereocenters. The largest absolute Gasteiger partial charge is 0.490 e. The van der Waals surface area contributed by atoms with Crippen LogP contribution in [-0.2, 0) is 11.2 Å². The standard InChI is InChI=1S/C17H17ClO3/c1-3-20-16-10-12(2)4-9-15(16)21-17(19)11-13-5-7-14(18)8-6-13/h4-10H,3,11H2,1-2H3. The molecule has 110 valence electrons. The third kappa shape index (κ3) is 4.50. The molecule has 0 amide bonds. The SMILES string of the molecule is CCOc1cc(C)ccc1OC(=O)Cc1ccc(Cl)cc1. The van der Waals surface area contributed by atoms with Crippen LogP contribution in [-0.4, -0.2) is 12.6 Å². The Bertz CT molecular complexity index is 620. The first kappa shape index (κ1) is 15.4. The molecule has 0 unspecified atom stereocenters. The topological polar surface area (TPSA) is 35.5 Å². The van der Waals surface area contributed by atoms with Crippen molar-refractivity contribution < 1.29 is 14.3 Å². The van der Waals surface area contributed by atoms with E-state index >= 15 is 0 Å². The molecule has 0 N–H and O–H groups in total. The van der Waals surface area contributed by atoms with Crippen molar-refractivity contribution in [2.24, 2.45) is 0 Å². The van der Waals surface area contributed by atoms with Gasteiger partial charge < -0.3 is 9.47 Å². The average molecular weight is 305 g/mol. The summed E-state index contributed by atoms with van der Waals surface area (Å²) >= 11 is 5.82. The summed E-state index contributed by atoms with van der Waals surface area (Å²) in [6, 6.07) is 12.6. The van der Waals surface area contributed by atoms with Gasteiger partial charge in [-0.05, 0) is 49.2 Å². The number of rotatable bonds is 5. The molecule has 2 aromatic rings. The van der Waals surface area contributed by atoms with Gasteiger partial charge in [-0.25, -0.2) is 0 Å². The van der Waals surface area contributed by atoms with Crippen molar-refractivity contribution in [3.05, 3.63) is 58.6 Å². The highest BCUT2D eigenvalue weighted by molar-refractivity contribution is 6.30. The number of hydrogen-bond donors (Lipinski definition) is 0. The Morgan fingerprint density at radius 1 is 1.10 bits per heavy atom. The quantitative estimate of drug-likeness (QED) is 0.613. The second-order valence-corrected chi connectivity index (χ2v) is 5.10. The van der Waals surface area contributed by atoms with Gasteiger partial charge in [0, 0.05) is 5.02 Å². The van der Waals surface area contributed by atoms with Crippen molar-refractivity contribution in [2.45, 2.75) is 20.3 Å². The Morgan fingerprint density at radius 2 is 1.81 bits per heavy atom. The zero-order chi connectivity index (χ0) is 15.2. The minimum Gasteiger partial charge on any atom is -0.490 e. The predicted molar refractivity (Wildman–Crippen MR) is 83.1 cm³/mol. The van der Waals surface area contributed by atoms with E-state index in [1.165, 1.54) is 0 Å². The van der Waals surface area contributed by atoms with Crippen molar-refractivity contribution in [1.82, 2.24) is 0 Å². The maximum Gasteiger partial charge on any atom is 0.315 e. The highest BCUT2D eigenvalue weighted by Gasteiger charge is 2.11. The Labute approximate surface area is 129 Å². The first-order valence-corrected chi connectivity index (χ1v) is 7.15. The van der Waals surface area contributed by atoms with Crippen molar-refractivity contribution in [1.29, 1.82) is 0 Å². The monoisotopic (exact) mass is 304 g/mol. The minimum absolute atomic E-state index is 0.191. The number of esters is 1. The summed E-state index contributed by atoms with van der Waals surface area (Å²) in [6.45, 7) is 4.37. The van der Waals surface area contributed by atoms with E-state index in [9.17, 15) is 4.79 Å². The van der Waals surface area contributed by atoms with Gasteiger partial charge in [-0.2, -0.15) is 0 Å². The van der Waals surface area contributed by atoms with E-state index in [1.807, 2.05) is 38.1 Å². The molecule has 0 spiro atoms. The number of carbonyl (C=O) groups excluding carboxylic acids is 1. The Kier molecular flexibility index (Phi) is 5.23. The molecule has 0 radical (unpaired) electrons. The van der Waals surface area contributed by atoms with Gasteiger partial charge >= 0.3 is 5.97 Å². The van der Waals surface area contributed by atoms with Gasteiger partial charge in [-0.1, -0.05) is 29.8 Å². The fraction of sp³-hybridized carbons (Fsp3) is 0.235. The van der Waals surface area contributed by atoms with Gasteiger partial charge in [0.25, 0.3) is 0 Å². The summed E-state index contributed by atoms with van der Waals surface area (Å²) < 4.78 is 10.9. The third-order valence-electron chi connectivity index (χ3n) is 2.88. The van der Waals surface area contributed by atoms with Crippen LogP contribution in [0.15, 0.2) is 42.5 Å². The molecule has 2 rings (SSSR count). The molecule has 0 aliphatic heterocycles. The van der Waals surface area contributed by atoms with Gasteiger partial charge in [-0.15, -0.1) is 0 Å². The number of aryl methyl sites for hydroxylation is 1. The predicted octanol–water partition coefficient (Wildman–Crippen LogP) is 4.20. The zero-order valence-electron chi connectivity index (χ0n) is 12.1. The van der Waals surface area contributed by atoms with E-state index in [0.717, 1.165) is 11.1 Å². The normalized spacial score (nSPS) is 10.2.